The summed E-state index contributed by atoms with van der Waals surface area (Å²) in [5.74, 6) is 7.16. The Balaban J connectivity index is 0.00000116. The van der Waals surface area contributed by atoms with Crippen molar-refractivity contribution < 1.29 is 4.74 Å². The van der Waals surface area contributed by atoms with Gasteiger partial charge in [-0.1, -0.05) is 37.8 Å². The standard InChI is InChI=1S/C18H19NO.C2H6/c1-3-20-18-12-8-16(9-13-18)5-4-15-6-10-17(11-7-15)14(2)19;1-2/h6-14H,3,19H2,1-2H3;1-2H3. The second kappa shape index (κ2) is 9.65. The Bertz CT molecular complexity index is 601. The molecule has 2 rings (SSSR count). The molecule has 22 heavy (non-hydrogen) atoms. The Hall–Kier alpha value is -2.24. The van der Waals surface area contributed by atoms with E-state index in [4.69, 9.17) is 10.5 Å². The van der Waals surface area contributed by atoms with E-state index >= 15 is 0 Å². The number of benzene rings is 2. The average Bonchev–Trinajstić information content (AvgIpc) is 2.57. The predicted octanol–water partition coefficient (Wildman–Crippen LogP) is 4.53. The lowest BCUT2D eigenvalue weighted by molar-refractivity contribution is 0.340. The van der Waals surface area contributed by atoms with Crippen molar-refractivity contribution in [2.45, 2.75) is 33.7 Å². The third kappa shape index (κ3) is 5.63. The lowest BCUT2D eigenvalue weighted by Crippen LogP contribution is -2.04. The van der Waals surface area contributed by atoms with Crippen molar-refractivity contribution in [1.82, 2.24) is 0 Å². The Morgan fingerprint density at radius 1 is 0.909 bits per heavy atom. The fraction of sp³-hybridized carbons (Fsp3) is 0.300. The summed E-state index contributed by atoms with van der Waals surface area (Å²) in [6, 6.07) is 15.9. The van der Waals surface area contributed by atoms with E-state index in [1.54, 1.807) is 0 Å². The molecule has 0 amide bonds. The zero-order chi connectivity index (χ0) is 16.4. The Morgan fingerprint density at radius 3 is 1.77 bits per heavy atom. The molecule has 116 valence electrons. The van der Waals surface area contributed by atoms with Crippen LogP contribution in [0.25, 0.3) is 0 Å². The van der Waals surface area contributed by atoms with Crippen LogP contribution in [0.1, 0.15) is 50.4 Å². The molecular weight excluding hydrogens is 270 g/mol. The van der Waals surface area contributed by atoms with Crippen molar-refractivity contribution in [3.63, 3.8) is 0 Å². The Morgan fingerprint density at radius 2 is 1.36 bits per heavy atom. The number of nitrogens with two attached hydrogens (primary N) is 1. The maximum absolute atomic E-state index is 5.82. The van der Waals surface area contributed by atoms with Crippen LogP contribution >= 0.6 is 0 Å². The molecule has 0 aromatic heterocycles. The van der Waals surface area contributed by atoms with Crippen LogP contribution in [0.3, 0.4) is 0 Å². The van der Waals surface area contributed by atoms with Crippen molar-refractivity contribution in [3.05, 3.63) is 65.2 Å². The van der Waals surface area contributed by atoms with Gasteiger partial charge in [0.15, 0.2) is 0 Å². The topological polar surface area (TPSA) is 35.2 Å². The predicted molar refractivity (Wildman–Crippen MR) is 94.0 cm³/mol. The van der Waals surface area contributed by atoms with Crippen LogP contribution in [-0.2, 0) is 0 Å². The van der Waals surface area contributed by atoms with Gasteiger partial charge in [-0.05, 0) is 55.8 Å². The molecule has 0 bridgehead atoms. The SMILES string of the molecule is CC.CCOc1ccc(C#Cc2ccc(C(C)N)cc2)cc1. The molecule has 0 radical (unpaired) electrons. The highest BCUT2D eigenvalue weighted by Gasteiger charge is 1.97. The number of hydrogen-bond donors (Lipinski definition) is 1. The van der Waals surface area contributed by atoms with Crippen molar-refractivity contribution in [2.75, 3.05) is 6.61 Å². The van der Waals surface area contributed by atoms with Crippen LogP contribution < -0.4 is 10.5 Å². The maximum atomic E-state index is 5.82. The molecule has 1 atom stereocenters. The summed E-state index contributed by atoms with van der Waals surface area (Å²) in [6.45, 7) is 8.62. The highest BCUT2D eigenvalue weighted by molar-refractivity contribution is 5.45. The number of hydrogen-bond acceptors (Lipinski definition) is 2. The monoisotopic (exact) mass is 295 g/mol. The van der Waals surface area contributed by atoms with Crippen molar-refractivity contribution in [3.8, 4) is 17.6 Å². The minimum atomic E-state index is 0.0584. The Labute approximate surface area is 134 Å². The third-order valence-electron chi connectivity index (χ3n) is 2.95. The first kappa shape index (κ1) is 17.8. The molecular formula is C20H25NO. The van der Waals surface area contributed by atoms with Crippen LogP contribution in [0.4, 0.5) is 0 Å². The molecule has 0 aliphatic heterocycles. The molecule has 2 aromatic carbocycles. The second-order valence-electron chi connectivity index (χ2n) is 4.62. The van der Waals surface area contributed by atoms with Crippen LogP contribution in [0.5, 0.6) is 5.75 Å². The lowest BCUT2D eigenvalue weighted by atomic mass is 10.1. The Kier molecular flexibility index (Phi) is 7.81. The van der Waals surface area contributed by atoms with E-state index in [9.17, 15) is 0 Å². The average molecular weight is 295 g/mol. The van der Waals surface area contributed by atoms with Gasteiger partial charge in [-0.2, -0.15) is 0 Å². The molecule has 0 fully saturated rings. The zero-order valence-electron chi connectivity index (χ0n) is 13.9. The molecule has 0 saturated heterocycles. The molecule has 0 aliphatic carbocycles. The fourth-order valence-corrected chi connectivity index (χ4v) is 1.82. The summed E-state index contributed by atoms with van der Waals surface area (Å²) in [6.07, 6.45) is 0. The van der Waals surface area contributed by atoms with Gasteiger partial charge in [-0.3, -0.25) is 0 Å². The fourth-order valence-electron chi connectivity index (χ4n) is 1.82. The summed E-state index contributed by atoms with van der Waals surface area (Å²) >= 11 is 0. The quantitative estimate of drug-likeness (QED) is 0.844. The van der Waals surface area contributed by atoms with Gasteiger partial charge >= 0.3 is 0 Å². The molecule has 0 saturated carbocycles. The van der Waals surface area contributed by atoms with Crippen molar-refractivity contribution in [1.29, 1.82) is 0 Å². The van der Waals surface area contributed by atoms with Crippen molar-refractivity contribution in [2.24, 2.45) is 5.73 Å². The van der Waals surface area contributed by atoms with E-state index in [0.717, 1.165) is 22.4 Å². The van der Waals surface area contributed by atoms with Gasteiger partial charge in [0.25, 0.3) is 0 Å². The summed E-state index contributed by atoms with van der Waals surface area (Å²) in [7, 11) is 0. The van der Waals surface area contributed by atoms with Gasteiger partial charge in [0.2, 0.25) is 0 Å². The normalized spacial score (nSPS) is 10.6. The largest absolute Gasteiger partial charge is 0.494 e. The van der Waals surface area contributed by atoms with E-state index in [-0.39, 0.29) is 6.04 Å². The van der Waals surface area contributed by atoms with Gasteiger partial charge < -0.3 is 10.5 Å². The minimum Gasteiger partial charge on any atom is -0.494 e. The highest BCUT2D eigenvalue weighted by atomic mass is 16.5. The summed E-state index contributed by atoms with van der Waals surface area (Å²) in [5.41, 5.74) is 8.91. The molecule has 2 heteroatoms. The van der Waals surface area contributed by atoms with Gasteiger partial charge in [0, 0.05) is 17.2 Å². The first-order chi connectivity index (χ1) is 10.7. The molecule has 0 aliphatic rings. The van der Waals surface area contributed by atoms with Crippen LogP contribution in [0.15, 0.2) is 48.5 Å². The van der Waals surface area contributed by atoms with E-state index in [1.807, 2.05) is 76.2 Å². The first-order valence-corrected chi connectivity index (χ1v) is 7.79. The van der Waals surface area contributed by atoms with Gasteiger partial charge in [0.1, 0.15) is 5.75 Å². The van der Waals surface area contributed by atoms with Gasteiger partial charge in [-0.25, -0.2) is 0 Å². The van der Waals surface area contributed by atoms with E-state index in [0.29, 0.717) is 6.61 Å². The second-order valence-corrected chi connectivity index (χ2v) is 4.62. The molecule has 1 unspecified atom stereocenters. The molecule has 2 N–H and O–H groups in total. The molecule has 2 nitrogen and oxygen atoms in total. The lowest BCUT2D eigenvalue weighted by Gasteiger charge is -2.04. The van der Waals surface area contributed by atoms with Gasteiger partial charge in [0.05, 0.1) is 6.61 Å². The molecule has 0 spiro atoms. The molecule has 2 aromatic rings. The molecule has 0 heterocycles. The summed E-state index contributed by atoms with van der Waals surface area (Å²) in [4.78, 5) is 0. The third-order valence-corrected chi connectivity index (χ3v) is 2.95. The smallest absolute Gasteiger partial charge is 0.119 e. The van der Waals surface area contributed by atoms with E-state index in [2.05, 4.69) is 11.8 Å². The van der Waals surface area contributed by atoms with Gasteiger partial charge in [-0.15, -0.1) is 0 Å². The van der Waals surface area contributed by atoms with E-state index < -0.39 is 0 Å². The summed E-state index contributed by atoms with van der Waals surface area (Å²) < 4.78 is 5.40. The maximum Gasteiger partial charge on any atom is 0.119 e. The minimum absolute atomic E-state index is 0.0584. The zero-order valence-corrected chi connectivity index (χ0v) is 13.9. The van der Waals surface area contributed by atoms with E-state index in [1.165, 1.54) is 0 Å². The van der Waals surface area contributed by atoms with Crippen LogP contribution in [0.2, 0.25) is 0 Å². The van der Waals surface area contributed by atoms with Crippen molar-refractivity contribution >= 4 is 0 Å². The number of ether oxygens (including phenoxy) is 1. The first-order valence-electron chi connectivity index (χ1n) is 7.79. The number of rotatable bonds is 3. The van der Waals surface area contributed by atoms with Crippen LogP contribution in [0, 0.1) is 11.8 Å². The summed E-state index contributed by atoms with van der Waals surface area (Å²) in [5, 5.41) is 0. The highest BCUT2D eigenvalue weighted by Crippen LogP contribution is 2.12. The van der Waals surface area contributed by atoms with Crippen LogP contribution in [-0.4, -0.2) is 6.61 Å².